The molecule has 0 fully saturated rings. The Bertz CT molecular complexity index is 518. The molecular weight excluding hydrogens is 236 g/mol. The first-order valence-corrected chi connectivity index (χ1v) is 6.95. The van der Waals surface area contributed by atoms with Gasteiger partial charge in [0, 0.05) is 6.54 Å². The van der Waals surface area contributed by atoms with Crippen LogP contribution >= 0.6 is 0 Å². The van der Waals surface area contributed by atoms with Gasteiger partial charge in [0.1, 0.15) is 0 Å². The summed E-state index contributed by atoms with van der Waals surface area (Å²) in [7, 11) is 1.99. The minimum atomic E-state index is 0.151. The van der Waals surface area contributed by atoms with Gasteiger partial charge in [0.05, 0.1) is 17.9 Å². The molecule has 2 aromatic rings. The Morgan fingerprint density at radius 3 is 2.74 bits per heavy atom. The van der Waals surface area contributed by atoms with Crippen molar-refractivity contribution in [2.24, 2.45) is 0 Å². The summed E-state index contributed by atoms with van der Waals surface area (Å²) in [4.78, 5) is 0. The third kappa shape index (κ3) is 2.84. The summed E-state index contributed by atoms with van der Waals surface area (Å²) in [5.41, 5.74) is 3.81. The van der Waals surface area contributed by atoms with Crippen molar-refractivity contribution in [2.45, 2.75) is 39.3 Å². The Morgan fingerprint density at radius 2 is 2.05 bits per heavy atom. The van der Waals surface area contributed by atoms with Crippen LogP contribution in [0.2, 0.25) is 0 Å². The fraction of sp³-hybridized carbons (Fsp3) is 0.467. The Morgan fingerprint density at radius 1 is 1.26 bits per heavy atom. The minimum absolute atomic E-state index is 0.151. The first-order valence-electron chi connectivity index (χ1n) is 6.95. The van der Waals surface area contributed by atoms with Crippen molar-refractivity contribution in [3.8, 4) is 0 Å². The van der Waals surface area contributed by atoms with Crippen molar-refractivity contribution >= 4 is 0 Å². The first-order chi connectivity index (χ1) is 9.31. The number of nitrogens with zero attached hydrogens (tertiary/aromatic N) is 3. The van der Waals surface area contributed by atoms with Crippen LogP contribution in [-0.4, -0.2) is 22.0 Å². The van der Waals surface area contributed by atoms with E-state index in [9.17, 15) is 0 Å². The van der Waals surface area contributed by atoms with Crippen molar-refractivity contribution in [3.05, 3.63) is 47.3 Å². The monoisotopic (exact) mass is 258 g/mol. The van der Waals surface area contributed by atoms with Crippen LogP contribution in [0.1, 0.15) is 43.1 Å². The maximum Gasteiger partial charge on any atom is 0.0802 e. The number of aromatic nitrogens is 3. The summed E-state index contributed by atoms with van der Waals surface area (Å²) in [5.74, 6) is 0. The van der Waals surface area contributed by atoms with Crippen LogP contribution in [0, 0.1) is 0 Å². The molecule has 0 radical (unpaired) electrons. The molecule has 1 atom stereocenters. The number of benzene rings is 1. The van der Waals surface area contributed by atoms with E-state index in [1.165, 1.54) is 11.1 Å². The predicted molar refractivity (Wildman–Crippen MR) is 77.0 cm³/mol. The molecule has 0 amide bonds. The van der Waals surface area contributed by atoms with Crippen molar-refractivity contribution in [3.63, 3.8) is 0 Å². The van der Waals surface area contributed by atoms with E-state index in [1.54, 1.807) is 0 Å². The second-order valence-corrected chi connectivity index (χ2v) is 4.66. The summed E-state index contributed by atoms with van der Waals surface area (Å²) in [5, 5.41) is 11.6. The van der Waals surface area contributed by atoms with Crippen LogP contribution in [0.15, 0.2) is 30.5 Å². The second kappa shape index (κ2) is 6.48. The van der Waals surface area contributed by atoms with E-state index in [4.69, 9.17) is 0 Å². The molecular formula is C15H22N4. The molecule has 0 saturated carbocycles. The third-order valence-electron chi connectivity index (χ3n) is 3.41. The standard InChI is InChI=1S/C15H22N4/c1-4-10-19-14(11-17-18-19)15(16-3)13-9-7-6-8-12(13)5-2/h6-9,11,15-16H,4-5,10H2,1-3H3. The average molecular weight is 258 g/mol. The van der Waals surface area contributed by atoms with Crippen LogP contribution in [0.3, 0.4) is 0 Å². The van der Waals surface area contributed by atoms with Crippen molar-refractivity contribution < 1.29 is 0 Å². The molecule has 0 spiro atoms. The average Bonchev–Trinajstić information content (AvgIpc) is 2.89. The summed E-state index contributed by atoms with van der Waals surface area (Å²) in [6.07, 6.45) is 3.95. The molecule has 0 aliphatic carbocycles. The van der Waals surface area contributed by atoms with Gasteiger partial charge in [0.25, 0.3) is 0 Å². The van der Waals surface area contributed by atoms with Gasteiger partial charge >= 0.3 is 0 Å². The highest BCUT2D eigenvalue weighted by atomic mass is 15.4. The molecule has 4 heteroatoms. The SMILES string of the molecule is CCCn1nncc1C(NC)c1ccccc1CC. The number of hydrogen-bond donors (Lipinski definition) is 1. The minimum Gasteiger partial charge on any atom is -0.308 e. The fourth-order valence-electron chi connectivity index (χ4n) is 2.48. The topological polar surface area (TPSA) is 42.7 Å². The zero-order chi connectivity index (χ0) is 13.7. The fourth-order valence-corrected chi connectivity index (χ4v) is 2.48. The largest absolute Gasteiger partial charge is 0.308 e. The van der Waals surface area contributed by atoms with Crippen LogP contribution in [0.4, 0.5) is 0 Å². The van der Waals surface area contributed by atoms with Gasteiger partial charge in [-0.1, -0.05) is 43.3 Å². The van der Waals surface area contributed by atoms with E-state index in [-0.39, 0.29) is 6.04 Å². The lowest BCUT2D eigenvalue weighted by molar-refractivity contribution is 0.522. The van der Waals surface area contributed by atoms with E-state index >= 15 is 0 Å². The van der Waals surface area contributed by atoms with Gasteiger partial charge in [-0.25, -0.2) is 4.68 Å². The summed E-state index contributed by atoms with van der Waals surface area (Å²) in [6, 6.07) is 8.71. The molecule has 1 heterocycles. The van der Waals surface area contributed by atoms with Gasteiger partial charge in [-0.05, 0) is 31.0 Å². The lowest BCUT2D eigenvalue weighted by atomic mass is 9.96. The normalized spacial score (nSPS) is 12.6. The quantitative estimate of drug-likeness (QED) is 0.866. The van der Waals surface area contributed by atoms with E-state index in [1.807, 2.05) is 17.9 Å². The van der Waals surface area contributed by atoms with Gasteiger partial charge in [-0.15, -0.1) is 5.10 Å². The van der Waals surface area contributed by atoms with Crippen LogP contribution < -0.4 is 5.32 Å². The molecule has 0 bridgehead atoms. The second-order valence-electron chi connectivity index (χ2n) is 4.66. The van der Waals surface area contributed by atoms with Crippen LogP contribution in [0.5, 0.6) is 0 Å². The van der Waals surface area contributed by atoms with E-state index in [0.717, 1.165) is 25.1 Å². The van der Waals surface area contributed by atoms with Crippen molar-refractivity contribution in [2.75, 3.05) is 7.05 Å². The zero-order valence-electron chi connectivity index (χ0n) is 11.9. The Balaban J connectivity index is 2.41. The molecule has 2 rings (SSSR count). The highest BCUT2D eigenvalue weighted by Gasteiger charge is 2.19. The first kappa shape index (κ1) is 13.7. The maximum absolute atomic E-state index is 4.18. The van der Waals surface area contributed by atoms with Crippen molar-refractivity contribution in [1.82, 2.24) is 20.3 Å². The van der Waals surface area contributed by atoms with Crippen LogP contribution in [0.25, 0.3) is 0 Å². The highest BCUT2D eigenvalue weighted by Crippen LogP contribution is 2.24. The van der Waals surface area contributed by atoms with E-state index in [0.29, 0.717) is 0 Å². The summed E-state index contributed by atoms with van der Waals surface area (Å²) < 4.78 is 1.99. The third-order valence-corrected chi connectivity index (χ3v) is 3.41. The Labute approximate surface area is 114 Å². The lowest BCUT2D eigenvalue weighted by Crippen LogP contribution is -2.22. The lowest BCUT2D eigenvalue weighted by Gasteiger charge is -2.20. The Hall–Kier alpha value is -1.68. The van der Waals surface area contributed by atoms with Gasteiger partial charge in [0.15, 0.2) is 0 Å². The van der Waals surface area contributed by atoms with E-state index < -0.39 is 0 Å². The zero-order valence-corrected chi connectivity index (χ0v) is 11.9. The maximum atomic E-state index is 4.18. The molecule has 19 heavy (non-hydrogen) atoms. The van der Waals surface area contributed by atoms with Crippen LogP contribution in [-0.2, 0) is 13.0 Å². The molecule has 102 valence electrons. The molecule has 0 aliphatic heterocycles. The molecule has 1 N–H and O–H groups in total. The van der Waals surface area contributed by atoms with Gasteiger partial charge < -0.3 is 5.32 Å². The molecule has 1 aromatic heterocycles. The molecule has 0 saturated heterocycles. The predicted octanol–water partition coefficient (Wildman–Crippen LogP) is 2.56. The molecule has 1 unspecified atom stereocenters. The summed E-state index contributed by atoms with van der Waals surface area (Å²) >= 11 is 0. The smallest absolute Gasteiger partial charge is 0.0802 e. The van der Waals surface area contributed by atoms with Crippen molar-refractivity contribution in [1.29, 1.82) is 0 Å². The number of aryl methyl sites for hydroxylation is 2. The van der Waals surface area contributed by atoms with Gasteiger partial charge in [0.2, 0.25) is 0 Å². The molecule has 4 nitrogen and oxygen atoms in total. The Kier molecular flexibility index (Phi) is 4.68. The number of nitrogens with one attached hydrogen (secondary N) is 1. The summed E-state index contributed by atoms with van der Waals surface area (Å²) in [6.45, 7) is 5.24. The number of rotatable bonds is 6. The molecule has 1 aromatic carbocycles. The molecule has 0 aliphatic rings. The number of hydrogen-bond acceptors (Lipinski definition) is 3. The highest BCUT2D eigenvalue weighted by molar-refractivity contribution is 5.34. The van der Waals surface area contributed by atoms with Gasteiger partial charge in [-0.3, -0.25) is 0 Å². The van der Waals surface area contributed by atoms with E-state index in [2.05, 4.69) is 53.7 Å². The van der Waals surface area contributed by atoms with Gasteiger partial charge in [-0.2, -0.15) is 0 Å².